The molecule has 0 aliphatic carbocycles. The van der Waals surface area contributed by atoms with Crippen LogP contribution in [-0.4, -0.2) is 13.3 Å². The maximum atomic E-state index is 5.64. The lowest BCUT2D eigenvalue weighted by Gasteiger charge is -2.10. The number of benzene rings is 1. The monoisotopic (exact) mass is 273 g/mol. The number of rotatable bonds is 10. The smallest absolute Gasteiger partial charge is 0.0397 e. The second-order valence-electron chi connectivity index (χ2n) is 5.02. The third-order valence-electron chi connectivity index (χ3n) is 3.26. The summed E-state index contributed by atoms with van der Waals surface area (Å²) in [6.07, 6.45) is 7.74. The number of aliphatic imine (C=N–C) groups is 1. The Kier molecular flexibility index (Phi) is 8.40. The molecule has 0 saturated carbocycles. The zero-order valence-electron chi connectivity index (χ0n) is 12.6. The molecule has 3 nitrogen and oxygen atoms in total. The molecule has 0 atom stereocenters. The second kappa shape index (κ2) is 10.2. The van der Waals surface area contributed by atoms with E-state index >= 15 is 0 Å². The summed E-state index contributed by atoms with van der Waals surface area (Å²) in [7, 11) is 1.82. The molecule has 0 bridgehead atoms. The highest BCUT2D eigenvalue weighted by Crippen LogP contribution is 2.09. The van der Waals surface area contributed by atoms with Crippen LogP contribution in [0.5, 0.6) is 0 Å². The van der Waals surface area contributed by atoms with Crippen LogP contribution in [0.25, 0.3) is 0 Å². The standard InChI is InChI=1S/C17H27N3/c1-15(8-5-3-4-6-11-19-2)20-14-17-10-7-9-16(12-17)13-18/h7,9-12,20H,1,3-6,8,13-14,18H2,2H3/b19-11-. The molecule has 0 amide bonds. The van der Waals surface area contributed by atoms with Crippen molar-refractivity contribution in [1.82, 2.24) is 5.32 Å². The Labute approximate surface area is 123 Å². The number of nitrogens with zero attached hydrogens (tertiary/aromatic N) is 1. The van der Waals surface area contributed by atoms with E-state index in [0.717, 1.165) is 25.1 Å². The first-order chi connectivity index (χ1) is 9.76. The van der Waals surface area contributed by atoms with E-state index in [2.05, 4.69) is 41.2 Å². The van der Waals surface area contributed by atoms with Crippen LogP contribution in [0.15, 0.2) is 41.5 Å². The number of hydrogen-bond donors (Lipinski definition) is 2. The molecule has 0 heterocycles. The Morgan fingerprint density at radius 2 is 2.10 bits per heavy atom. The summed E-state index contributed by atoms with van der Waals surface area (Å²) in [6.45, 7) is 5.51. The first-order valence-electron chi connectivity index (χ1n) is 7.36. The molecule has 1 rings (SSSR count). The summed E-state index contributed by atoms with van der Waals surface area (Å²) in [5.74, 6) is 0. The fraction of sp³-hybridized carbons (Fsp3) is 0.471. The van der Waals surface area contributed by atoms with E-state index in [1.54, 1.807) is 0 Å². The zero-order chi connectivity index (χ0) is 14.6. The highest BCUT2D eigenvalue weighted by molar-refractivity contribution is 5.56. The summed E-state index contributed by atoms with van der Waals surface area (Å²) >= 11 is 0. The van der Waals surface area contributed by atoms with Crippen LogP contribution in [0.4, 0.5) is 0 Å². The number of unbranched alkanes of at least 4 members (excludes halogenated alkanes) is 3. The Balaban J connectivity index is 2.16. The van der Waals surface area contributed by atoms with Crippen molar-refractivity contribution in [3.05, 3.63) is 47.7 Å². The van der Waals surface area contributed by atoms with Crippen LogP contribution in [0.2, 0.25) is 0 Å². The van der Waals surface area contributed by atoms with Crippen LogP contribution in [0.1, 0.15) is 43.2 Å². The second-order valence-corrected chi connectivity index (χ2v) is 5.02. The molecular weight excluding hydrogens is 246 g/mol. The van der Waals surface area contributed by atoms with Gasteiger partial charge in [0, 0.05) is 25.8 Å². The van der Waals surface area contributed by atoms with Gasteiger partial charge >= 0.3 is 0 Å². The zero-order valence-corrected chi connectivity index (χ0v) is 12.6. The van der Waals surface area contributed by atoms with Crippen molar-refractivity contribution in [2.75, 3.05) is 7.05 Å². The van der Waals surface area contributed by atoms with Gasteiger partial charge in [0.25, 0.3) is 0 Å². The molecule has 0 aliphatic heterocycles. The third-order valence-corrected chi connectivity index (χ3v) is 3.26. The van der Waals surface area contributed by atoms with Crippen LogP contribution >= 0.6 is 0 Å². The molecule has 1 aromatic rings. The average molecular weight is 273 g/mol. The van der Waals surface area contributed by atoms with Gasteiger partial charge in [0.2, 0.25) is 0 Å². The molecule has 20 heavy (non-hydrogen) atoms. The molecule has 3 heteroatoms. The molecule has 0 aliphatic rings. The summed E-state index contributed by atoms with van der Waals surface area (Å²) in [5.41, 5.74) is 9.19. The van der Waals surface area contributed by atoms with Crippen molar-refractivity contribution in [3.63, 3.8) is 0 Å². The molecule has 0 aromatic heterocycles. The van der Waals surface area contributed by atoms with Crippen molar-refractivity contribution in [3.8, 4) is 0 Å². The van der Waals surface area contributed by atoms with E-state index in [1.807, 2.05) is 13.3 Å². The maximum absolute atomic E-state index is 5.64. The number of hydrogen-bond acceptors (Lipinski definition) is 3. The van der Waals surface area contributed by atoms with Crippen molar-refractivity contribution < 1.29 is 0 Å². The van der Waals surface area contributed by atoms with Gasteiger partial charge in [-0.15, -0.1) is 0 Å². The molecule has 3 N–H and O–H groups in total. The first kappa shape index (κ1) is 16.4. The van der Waals surface area contributed by atoms with Crippen LogP contribution in [-0.2, 0) is 13.1 Å². The van der Waals surface area contributed by atoms with E-state index < -0.39 is 0 Å². The fourth-order valence-corrected chi connectivity index (χ4v) is 2.06. The van der Waals surface area contributed by atoms with E-state index in [4.69, 9.17) is 5.73 Å². The molecule has 0 unspecified atom stereocenters. The number of nitrogens with two attached hydrogens (primary N) is 1. The number of allylic oxidation sites excluding steroid dienone is 1. The van der Waals surface area contributed by atoms with Crippen molar-refractivity contribution in [2.24, 2.45) is 10.7 Å². The molecule has 0 radical (unpaired) electrons. The lowest BCUT2D eigenvalue weighted by molar-refractivity contribution is 0.657. The van der Waals surface area contributed by atoms with Gasteiger partial charge in [-0.25, -0.2) is 0 Å². The summed E-state index contributed by atoms with van der Waals surface area (Å²) < 4.78 is 0. The van der Waals surface area contributed by atoms with Crippen LogP contribution in [0, 0.1) is 0 Å². The minimum absolute atomic E-state index is 0.593. The predicted octanol–water partition coefficient (Wildman–Crippen LogP) is 3.40. The topological polar surface area (TPSA) is 50.4 Å². The lowest BCUT2D eigenvalue weighted by Crippen LogP contribution is -2.12. The van der Waals surface area contributed by atoms with Crippen molar-refractivity contribution >= 4 is 6.21 Å². The largest absolute Gasteiger partial charge is 0.385 e. The molecular formula is C17H27N3. The van der Waals surface area contributed by atoms with E-state index in [-0.39, 0.29) is 0 Å². The fourth-order valence-electron chi connectivity index (χ4n) is 2.06. The lowest BCUT2D eigenvalue weighted by atomic mass is 10.1. The molecule has 0 spiro atoms. The van der Waals surface area contributed by atoms with Gasteiger partial charge in [-0.1, -0.05) is 37.3 Å². The molecule has 0 saturated heterocycles. The van der Waals surface area contributed by atoms with Crippen LogP contribution < -0.4 is 11.1 Å². The average Bonchev–Trinajstić information content (AvgIpc) is 2.49. The SMILES string of the molecule is C=C(CCCCC/C=N\C)NCc1cccc(CN)c1. The van der Waals surface area contributed by atoms with E-state index in [0.29, 0.717) is 6.54 Å². The minimum atomic E-state index is 0.593. The Bertz CT molecular complexity index is 424. The Morgan fingerprint density at radius 3 is 2.85 bits per heavy atom. The van der Waals surface area contributed by atoms with Gasteiger partial charge in [-0.05, 0) is 43.0 Å². The van der Waals surface area contributed by atoms with Gasteiger partial charge in [-0.2, -0.15) is 0 Å². The first-order valence-corrected chi connectivity index (χ1v) is 7.36. The van der Waals surface area contributed by atoms with Crippen LogP contribution in [0.3, 0.4) is 0 Å². The summed E-state index contributed by atoms with van der Waals surface area (Å²) in [4.78, 5) is 3.98. The highest BCUT2D eigenvalue weighted by atomic mass is 14.9. The number of nitrogens with one attached hydrogen (secondary N) is 1. The van der Waals surface area contributed by atoms with Crippen molar-refractivity contribution in [2.45, 2.75) is 45.2 Å². The van der Waals surface area contributed by atoms with Gasteiger partial charge in [-0.3, -0.25) is 0 Å². The normalized spacial score (nSPS) is 10.9. The Hall–Kier alpha value is -1.61. The van der Waals surface area contributed by atoms with E-state index in [1.165, 1.54) is 30.4 Å². The quantitative estimate of drug-likeness (QED) is 0.507. The molecule has 0 fully saturated rings. The van der Waals surface area contributed by atoms with Gasteiger partial charge in [0.15, 0.2) is 0 Å². The highest BCUT2D eigenvalue weighted by Gasteiger charge is 1.97. The van der Waals surface area contributed by atoms with Gasteiger partial charge in [0.1, 0.15) is 0 Å². The summed E-state index contributed by atoms with van der Waals surface area (Å²) in [5, 5.41) is 3.39. The predicted molar refractivity (Wildman–Crippen MR) is 87.8 cm³/mol. The minimum Gasteiger partial charge on any atom is -0.385 e. The van der Waals surface area contributed by atoms with Gasteiger partial charge < -0.3 is 16.0 Å². The van der Waals surface area contributed by atoms with Crippen molar-refractivity contribution in [1.29, 1.82) is 0 Å². The molecule has 110 valence electrons. The van der Waals surface area contributed by atoms with E-state index in [9.17, 15) is 0 Å². The maximum Gasteiger partial charge on any atom is 0.0397 e. The van der Waals surface area contributed by atoms with Gasteiger partial charge in [0.05, 0.1) is 0 Å². The third kappa shape index (κ3) is 7.10. The summed E-state index contributed by atoms with van der Waals surface area (Å²) in [6, 6.07) is 8.36. The Morgan fingerprint density at radius 1 is 1.30 bits per heavy atom. The molecule has 1 aromatic carbocycles.